The highest BCUT2D eigenvalue weighted by molar-refractivity contribution is 7.11. The molecule has 1 aromatic heterocycles. The number of allylic oxidation sites excluding steroid dienone is 6. The third-order valence-electron chi connectivity index (χ3n) is 3.48. The van der Waals surface area contributed by atoms with E-state index in [1.807, 2.05) is 72.1 Å². The number of hydrogen-bond acceptors (Lipinski definition) is 2. The highest BCUT2D eigenvalue weighted by atomic mass is 32.1. The third kappa shape index (κ3) is 3.43. The van der Waals surface area contributed by atoms with Crippen LogP contribution in [0.3, 0.4) is 0 Å². The summed E-state index contributed by atoms with van der Waals surface area (Å²) in [7, 11) is 1.66. The van der Waals surface area contributed by atoms with Crippen LogP contribution >= 0.6 is 11.3 Å². The van der Waals surface area contributed by atoms with Crippen molar-refractivity contribution in [1.29, 1.82) is 0 Å². The van der Waals surface area contributed by atoms with Gasteiger partial charge in [0.2, 0.25) is 0 Å². The molecular weight excluding hydrogens is 303 g/mol. The summed E-state index contributed by atoms with van der Waals surface area (Å²) >= 11 is 1.54. The van der Waals surface area contributed by atoms with Gasteiger partial charge in [0, 0.05) is 15.9 Å². The number of thiophene rings is 1. The van der Waals surface area contributed by atoms with Crippen molar-refractivity contribution >= 4 is 35.7 Å². The van der Waals surface area contributed by atoms with Crippen molar-refractivity contribution < 1.29 is 9.90 Å². The highest BCUT2D eigenvalue weighted by Gasteiger charge is 2.20. The number of benzene rings is 1. The summed E-state index contributed by atoms with van der Waals surface area (Å²) < 4.78 is 0. The SMILES string of the molecule is O=C(O)/C1=C(c2cccs2)/C(c2ccccc2)=C\C=C/C=C\[B]1. The molecule has 0 aliphatic carbocycles. The van der Waals surface area contributed by atoms with Crippen molar-refractivity contribution in [2.24, 2.45) is 0 Å². The fourth-order valence-electron chi connectivity index (χ4n) is 2.47. The second-order valence-corrected chi connectivity index (χ2v) is 5.90. The molecule has 0 saturated carbocycles. The lowest BCUT2D eigenvalue weighted by molar-refractivity contribution is -0.131. The van der Waals surface area contributed by atoms with Crippen LogP contribution in [0.4, 0.5) is 0 Å². The van der Waals surface area contributed by atoms with Crippen LogP contribution in [0.5, 0.6) is 0 Å². The largest absolute Gasteiger partial charge is 0.478 e. The van der Waals surface area contributed by atoms with E-state index in [1.54, 1.807) is 24.6 Å². The molecule has 4 heteroatoms. The zero-order valence-electron chi connectivity index (χ0n) is 12.3. The summed E-state index contributed by atoms with van der Waals surface area (Å²) in [5.41, 5.74) is 2.94. The van der Waals surface area contributed by atoms with E-state index in [4.69, 9.17) is 0 Å². The maximum absolute atomic E-state index is 11.8. The Bertz CT molecular complexity index is 812. The van der Waals surface area contributed by atoms with Crippen molar-refractivity contribution in [3.05, 3.63) is 94.0 Å². The standard InChI is InChI=1S/C19H14BO2S/c21-19(22)18-17(16-11-7-13-23-16)15(10-5-2-6-12-20-18)14-8-3-1-4-9-14/h1-13H,(H,21,22)/b5-2-,12-6-,15-10-,18-17+. The molecule has 0 spiro atoms. The van der Waals surface area contributed by atoms with E-state index in [0.29, 0.717) is 5.47 Å². The van der Waals surface area contributed by atoms with Gasteiger partial charge in [-0.25, -0.2) is 4.79 Å². The molecule has 111 valence electrons. The fourth-order valence-corrected chi connectivity index (χ4v) is 3.27. The number of carboxylic acid groups (broad SMARTS) is 1. The molecular formula is C19H14BO2S. The normalized spacial score (nSPS) is 22.7. The molecule has 3 rings (SSSR count). The molecule has 1 aromatic carbocycles. The number of hydrogen-bond donors (Lipinski definition) is 1. The van der Waals surface area contributed by atoms with E-state index < -0.39 is 5.97 Å². The Hall–Kier alpha value is -2.59. The highest BCUT2D eigenvalue weighted by Crippen LogP contribution is 2.36. The summed E-state index contributed by atoms with van der Waals surface area (Å²) in [6.45, 7) is 0. The van der Waals surface area contributed by atoms with Gasteiger partial charge in [0.05, 0.1) is 0 Å². The van der Waals surface area contributed by atoms with Crippen molar-refractivity contribution in [3.63, 3.8) is 0 Å². The first-order valence-electron chi connectivity index (χ1n) is 7.23. The number of rotatable bonds is 3. The third-order valence-corrected chi connectivity index (χ3v) is 4.37. The summed E-state index contributed by atoms with van der Waals surface area (Å²) in [4.78, 5) is 12.8. The van der Waals surface area contributed by atoms with E-state index >= 15 is 0 Å². The average molecular weight is 317 g/mol. The number of carbonyl (C=O) groups is 1. The second-order valence-electron chi connectivity index (χ2n) is 4.95. The predicted octanol–water partition coefficient (Wildman–Crippen LogP) is 4.42. The number of carboxylic acids is 1. The van der Waals surface area contributed by atoms with Gasteiger partial charge in [-0.05, 0) is 22.6 Å². The van der Waals surface area contributed by atoms with Gasteiger partial charge >= 0.3 is 5.97 Å². The average Bonchev–Trinajstić information content (AvgIpc) is 3.11. The van der Waals surface area contributed by atoms with Crippen LogP contribution in [0.1, 0.15) is 10.4 Å². The van der Waals surface area contributed by atoms with E-state index in [-0.39, 0.29) is 0 Å². The minimum Gasteiger partial charge on any atom is -0.478 e. The molecule has 2 aromatic rings. The van der Waals surface area contributed by atoms with Gasteiger partial charge in [0.15, 0.2) is 7.28 Å². The van der Waals surface area contributed by atoms with Crippen molar-refractivity contribution in [2.75, 3.05) is 0 Å². The van der Waals surface area contributed by atoms with Gasteiger partial charge in [-0.1, -0.05) is 60.7 Å². The van der Waals surface area contributed by atoms with Crippen LogP contribution in [-0.2, 0) is 4.79 Å². The molecule has 0 saturated heterocycles. The first-order valence-corrected chi connectivity index (χ1v) is 8.11. The van der Waals surface area contributed by atoms with Crippen LogP contribution < -0.4 is 0 Å². The molecule has 2 nitrogen and oxygen atoms in total. The van der Waals surface area contributed by atoms with Crippen molar-refractivity contribution in [3.8, 4) is 0 Å². The number of aliphatic carboxylic acids is 1. The minimum absolute atomic E-state index is 0.294. The Kier molecular flexibility index (Phi) is 4.74. The van der Waals surface area contributed by atoms with Crippen molar-refractivity contribution in [1.82, 2.24) is 0 Å². The lowest BCUT2D eigenvalue weighted by Crippen LogP contribution is -2.10. The molecule has 1 N–H and O–H groups in total. The van der Waals surface area contributed by atoms with Crippen LogP contribution in [0.25, 0.3) is 11.1 Å². The smallest absolute Gasteiger partial charge is 0.322 e. The Morgan fingerprint density at radius 3 is 2.52 bits per heavy atom. The zero-order valence-corrected chi connectivity index (χ0v) is 13.2. The monoisotopic (exact) mass is 317 g/mol. The Balaban J connectivity index is 2.29. The maximum atomic E-state index is 11.8. The molecule has 0 bridgehead atoms. The summed E-state index contributed by atoms with van der Waals surface area (Å²) in [5, 5.41) is 11.7. The molecule has 2 heterocycles. The van der Waals surface area contributed by atoms with Crippen LogP contribution in [0, 0.1) is 0 Å². The molecule has 0 fully saturated rings. The molecule has 23 heavy (non-hydrogen) atoms. The van der Waals surface area contributed by atoms with Crippen LogP contribution in [-0.4, -0.2) is 18.4 Å². The van der Waals surface area contributed by atoms with E-state index in [1.165, 1.54) is 0 Å². The first kappa shape index (κ1) is 15.3. The predicted molar refractivity (Wildman–Crippen MR) is 97.3 cm³/mol. The molecule has 1 aliphatic heterocycles. The Morgan fingerprint density at radius 1 is 1.00 bits per heavy atom. The van der Waals surface area contributed by atoms with Gasteiger partial charge in [0.1, 0.15) is 0 Å². The second kappa shape index (κ2) is 7.12. The Morgan fingerprint density at radius 2 is 1.83 bits per heavy atom. The zero-order chi connectivity index (χ0) is 16.1. The molecule has 1 aliphatic rings. The van der Waals surface area contributed by atoms with Gasteiger partial charge < -0.3 is 5.11 Å². The summed E-state index contributed by atoms with van der Waals surface area (Å²) in [6.07, 6.45) is 7.64. The van der Waals surface area contributed by atoms with Gasteiger partial charge in [0.25, 0.3) is 0 Å². The summed E-state index contributed by atoms with van der Waals surface area (Å²) in [5.74, 6) is 0.830. The van der Waals surface area contributed by atoms with Gasteiger partial charge in [-0.3, -0.25) is 0 Å². The first-order chi connectivity index (χ1) is 11.3. The topological polar surface area (TPSA) is 37.3 Å². The lowest BCUT2D eigenvalue weighted by atomic mass is 9.66. The van der Waals surface area contributed by atoms with Crippen molar-refractivity contribution in [2.45, 2.75) is 0 Å². The maximum Gasteiger partial charge on any atom is 0.322 e. The fraction of sp³-hybridized carbons (Fsp3) is 0. The Labute approximate surface area is 140 Å². The van der Waals surface area contributed by atoms with Crippen LogP contribution in [0.2, 0.25) is 0 Å². The molecule has 0 atom stereocenters. The lowest BCUT2D eigenvalue weighted by Gasteiger charge is -2.15. The van der Waals surface area contributed by atoms with Gasteiger partial charge in [-0.15, -0.1) is 17.3 Å². The molecule has 0 unspecified atom stereocenters. The molecule has 0 amide bonds. The van der Waals surface area contributed by atoms with E-state index in [2.05, 4.69) is 0 Å². The van der Waals surface area contributed by atoms with E-state index in [9.17, 15) is 9.90 Å². The quantitative estimate of drug-likeness (QED) is 0.851. The minimum atomic E-state index is -0.929. The van der Waals surface area contributed by atoms with E-state index in [0.717, 1.165) is 21.6 Å². The van der Waals surface area contributed by atoms with Gasteiger partial charge in [-0.2, -0.15) is 0 Å². The molecule has 1 radical (unpaired) electrons. The van der Waals surface area contributed by atoms with Crippen LogP contribution in [0.15, 0.2) is 83.6 Å². The summed E-state index contributed by atoms with van der Waals surface area (Å²) in [6, 6.07) is 13.8.